The van der Waals surface area contributed by atoms with Gasteiger partial charge in [0.15, 0.2) is 0 Å². The topological polar surface area (TPSA) is 78.5 Å². The van der Waals surface area contributed by atoms with Gasteiger partial charge in [0, 0.05) is 29.4 Å². The molecule has 2 heterocycles. The van der Waals surface area contributed by atoms with Crippen molar-refractivity contribution < 1.29 is 13.2 Å². The number of carbonyl (C=O) groups is 1. The van der Waals surface area contributed by atoms with E-state index in [0.717, 1.165) is 30.6 Å². The molecule has 4 rings (SSSR count). The van der Waals surface area contributed by atoms with Gasteiger partial charge in [-0.3, -0.25) is 4.79 Å². The molecule has 0 bridgehead atoms. The number of benzene rings is 2. The number of rotatable bonds is 3. The second kappa shape index (κ2) is 6.81. The van der Waals surface area contributed by atoms with Gasteiger partial charge in [0.1, 0.15) is 0 Å². The minimum Gasteiger partial charge on any atom is -0.316 e. The molecule has 1 saturated heterocycles. The Balaban J connectivity index is 0.00000196. The first kappa shape index (κ1) is 19.1. The number of hydrogen-bond acceptors (Lipinski definition) is 4. The second-order valence-electron chi connectivity index (χ2n) is 6.87. The first-order valence-electron chi connectivity index (χ1n) is 8.47. The third-order valence-electron chi connectivity index (χ3n) is 5.26. The highest BCUT2D eigenvalue weighted by Crippen LogP contribution is 2.39. The Morgan fingerprint density at radius 2 is 2.00 bits per heavy atom. The maximum atomic E-state index is 13.0. The average molecular weight is 396 g/mol. The first-order valence-corrected chi connectivity index (χ1v) is 9.95. The molecule has 0 aromatic heterocycles. The molecule has 140 valence electrons. The molecule has 0 radical (unpaired) electrons. The average Bonchev–Trinajstić information content (AvgIpc) is 2.84. The maximum absolute atomic E-state index is 13.0. The van der Waals surface area contributed by atoms with E-state index in [1.165, 1.54) is 0 Å². The van der Waals surface area contributed by atoms with Crippen molar-refractivity contribution in [3.8, 4) is 0 Å². The second-order valence-corrected chi connectivity index (χ2v) is 8.56. The van der Waals surface area contributed by atoms with E-state index in [-0.39, 0.29) is 35.2 Å². The van der Waals surface area contributed by atoms with Crippen molar-refractivity contribution in [3.63, 3.8) is 0 Å². The van der Waals surface area contributed by atoms with E-state index in [9.17, 15) is 13.2 Å². The molecule has 2 aromatic rings. The predicted octanol–water partition coefficient (Wildman–Crippen LogP) is 2.13. The van der Waals surface area contributed by atoms with Gasteiger partial charge < -0.3 is 10.2 Å². The molecule has 26 heavy (non-hydrogen) atoms. The summed E-state index contributed by atoms with van der Waals surface area (Å²) in [5, 5.41) is 4.59. The Morgan fingerprint density at radius 1 is 1.23 bits per heavy atom. The summed E-state index contributed by atoms with van der Waals surface area (Å²) in [7, 11) is -1.96. The SMILES string of the molecule is CC1CNCCC1NS(=O)(=O)c1ccc2c3c(cccc13)C(=O)N2C.Cl. The number of halogens is 1. The molecule has 0 aliphatic carbocycles. The van der Waals surface area contributed by atoms with E-state index in [0.29, 0.717) is 10.9 Å². The number of piperidine rings is 1. The van der Waals surface area contributed by atoms with Crippen molar-refractivity contribution in [2.45, 2.75) is 24.3 Å². The Hall–Kier alpha value is -1.67. The summed E-state index contributed by atoms with van der Waals surface area (Å²) < 4.78 is 28.9. The van der Waals surface area contributed by atoms with Gasteiger partial charge in [0.05, 0.1) is 10.6 Å². The van der Waals surface area contributed by atoms with Crippen molar-refractivity contribution in [1.82, 2.24) is 10.0 Å². The summed E-state index contributed by atoms with van der Waals surface area (Å²) in [4.78, 5) is 14.2. The molecule has 8 heteroatoms. The number of anilines is 1. The van der Waals surface area contributed by atoms with E-state index in [1.807, 2.05) is 6.92 Å². The van der Waals surface area contributed by atoms with Crippen LogP contribution in [0, 0.1) is 5.92 Å². The summed E-state index contributed by atoms with van der Waals surface area (Å²) in [5.74, 6) is 0.128. The van der Waals surface area contributed by atoms with Crippen LogP contribution in [-0.2, 0) is 10.0 Å². The van der Waals surface area contributed by atoms with Crippen LogP contribution in [0.1, 0.15) is 23.7 Å². The van der Waals surface area contributed by atoms with Crippen molar-refractivity contribution in [2.24, 2.45) is 5.92 Å². The molecule has 2 N–H and O–H groups in total. The van der Waals surface area contributed by atoms with Crippen LogP contribution < -0.4 is 14.9 Å². The highest BCUT2D eigenvalue weighted by Gasteiger charge is 2.32. The van der Waals surface area contributed by atoms with Crippen molar-refractivity contribution in [1.29, 1.82) is 0 Å². The molecular formula is C18H22ClN3O3S. The Morgan fingerprint density at radius 3 is 2.73 bits per heavy atom. The Bertz CT molecular complexity index is 977. The standard InChI is InChI=1S/C18H21N3O3S.ClH/c1-11-10-19-9-8-14(11)20-25(23,24)16-7-6-15-17-12(16)4-3-5-13(17)18(22)21(15)2;/h3-7,11,14,19-20H,8-10H2,1-2H3;1H. The number of carbonyl (C=O) groups excluding carboxylic acids is 1. The van der Waals surface area contributed by atoms with Crippen LogP contribution in [0.25, 0.3) is 10.8 Å². The van der Waals surface area contributed by atoms with Crippen LogP contribution in [0.5, 0.6) is 0 Å². The quantitative estimate of drug-likeness (QED) is 0.834. The normalized spacial score (nSPS) is 22.5. The van der Waals surface area contributed by atoms with Gasteiger partial charge >= 0.3 is 0 Å². The Labute approximate surface area is 159 Å². The molecule has 2 unspecified atom stereocenters. The molecule has 2 aromatic carbocycles. The molecule has 6 nitrogen and oxygen atoms in total. The predicted molar refractivity (Wildman–Crippen MR) is 105 cm³/mol. The highest BCUT2D eigenvalue weighted by molar-refractivity contribution is 7.89. The molecule has 1 amide bonds. The number of hydrogen-bond donors (Lipinski definition) is 2. The zero-order chi connectivity index (χ0) is 17.8. The lowest BCUT2D eigenvalue weighted by Gasteiger charge is -2.30. The number of nitrogens with zero attached hydrogens (tertiary/aromatic N) is 1. The smallest absolute Gasteiger partial charge is 0.258 e. The summed E-state index contributed by atoms with van der Waals surface area (Å²) in [6.45, 7) is 3.65. The molecule has 2 aliphatic rings. The lowest BCUT2D eigenvalue weighted by molar-refractivity contribution is 0.0999. The van der Waals surface area contributed by atoms with Crippen LogP contribution in [0.4, 0.5) is 5.69 Å². The largest absolute Gasteiger partial charge is 0.316 e. The fourth-order valence-corrected chi connectivity index (χ4v) is 5.38. The zero-order valence-corrected chi connectivity index (χ0v) is 16.3. The van der Waals surface area contributed by atoms with Gasteiger partial charge in [-0.1, -0.05) is 19.1 Å². The minimum atomic E-state index is -3.67. The molecular weight excluding hydrogens is 374 g/mol. The van der Waals surface area contributed by atoms with Crippen LogP contribution in [0.2, 0.25) is 0 Å². The lowest BCUT2D eigenvalue weighted by Crippen LogP contribution is -2.48. The monoisotopic (exact) mass is 395 g/mol. The fraction of sp³-hybridized carbons (Fsp3) is 0.389. The van der Waals surface area contributed by atoms with E-state index < -0.39 is 10.0 Å². The highest BCUT2D eigenvalue weighted by atomic mass is 35.5. The molecule has 1 fully saturated rings. The van der Waals surface area contributed by atoms with Crippen LogP contribution >= 0.6 is 12.4 Å². The molecule has 2 aliphatic heterocycles. The van der Waals surface area contributed by atoms with E-state index in [2.05, 4.69) is 10.0 Å². The fourth-order valence-electron chi connectivity index (χ4n) is 3.80. The van der Waals surface area contributed by atoms with Crippen LogP contribution in [0.3, 0.4) is 0 Å². The lowest BCUT2D eigenvalue weighted by atomic mass is 9.97. The first-order chi connectivity index (χ1) is 11.9. The maximum Gasteiger partial charge on any atom is 0.258 e. The summed E-state index contributed by atoms with van der Waals surface area (Å²) in [6, 6.07) is 8.50. The molecule has 2 atom stereocenters. The van der Waals surface area contributed by atoms with Gasteiger partial charge in [-0.15, -0.1) is 12.4 Å². The van der Waals surface area contributed by atoms with E-state index >= 15 is 0 Å². The van der Waals surface area contributed by atoms with Crippen LogP contribution in [0.15, 0.2) is 35.2 Å². The number of nitrogens with one attached hydrogen (secondary N) is 2. The van der Waals surface area contributed by atoms with Gasteiger partial charge in [0.25, 0.3) is 5.91 Å². The van der Waals surface area contributed by atoms with Gasteiger partial charge in [-0.05, 0) is 43.6 Å². The van der Waals surface area contributed by atoms with E-state index in [1.54, 1.807) is 42.3 Å². The van der Waals surface area contributed by atoms with Gasteiger partial charge in [-0.25, -0.2) is 13.1 Å². The minimum absolute atomic E-state index is 0. The third kappa shape index (κ3) is 2.89. The van der Waals surface area contributed by atoms with Crippen molar-refractivity contribution in [2.75, 3.05) is 25.0 Å². The van der Waals surface area contributed by atoms with Crippen LogP contribution in [-0.4, -0.2) is 40.5 Å². The Kier molecular flexibility index (Phi) is 5.00. The van der Waals surface area contributed by atoms with Gasteiger partial charge in [-0.2, -0.15) is 0 Å². The summed E-state index contributed by atoms with van der Waals surface area (Å²) in [5.41, 5.74) is 1.31. The van der Waals surface area contributed by atoms with Crippen molar-refractivity contribution >= 4 is 44.8 Å². The molecule has 0 spiro atoms. The van der Waals surface area contributed by atoms with E-state index in [4.69, 9.17) is 0 Å². The zero-order valence-electron chi connectivity index (χ0n) is 14.7. The summed E-state index contributed by atoms with van der Waals surface area (Å²) >= 11 is 0. The third-order valence-corrected chi connectivity index (χ3v) is 6.80. The van der Waals surface area contributed by atoms with Gasteiger partial charge in [0.2, 0.25) is 10.0 Å². The summed E-state index contributed by atoms with van der Waals surface area (Å²) in [6.07, 6.45) is 0.767. The number of amides is 1. The number of sulfonamides is 1. The molecule has 0 saturated carbocycles. The van der Waals surface area contributed by atoms with Crippen molar-refractivity contribution in [3.05, 3.63) is 35.9 Å².